The van der Waals surface area contributed by atoms with Crippen molar-refractivity contribution in [3.05, 3.63) is 107 Å². The van der Waals surface area contributed by atoms with E-state index in [1.54, 1.807) is 0 Å². The SMILES string of the molecule is CCCCC(C)(CCCC(=O)c1c(C)cccc1C)C1(C)CCC(CC(Cc2ccccc2)c2ccccc2)CC1. The van der Waals surface area contributed by atoms with Crippen molar-refractivity contribution in [2.45, 2.75) is 118 Å². The van der Waals surface area contributed by atoms with Gasteiger partial charge in [0.15, 0.2) is 5.78 Å². The van der Waals surface area contributed by atoms with Gasteiger partial charge in [-0.15, -0.1) is 0 Å². The van der Waals surface area contributed by atoms with Crippen LogP contribution in [0.25, 0.3) is 0 Å². The molecule has 1 saturated carbocycles. The van der Waals surface area contributed by atoms with Crippen molar-refractivity contribution < 1.29 is 4.79 Å². The topological polar surface area (TPSA) is 17.1 Å². The maximum atomic E-state index is 13.2. The predicted octanol–water partition coefficient (Wildman–Crippen LogP) is 11.5. The molecule has 0 spiro atoms. The third-order valence-corrected chi connectivity index (χ3v) is 10.9. The first-order chi connectivity index (χ1) is 19.7. The summed E-state index contributed by atoms with van der Waals surface area (Å²) in [4.78, 5) is 13.2. The molecule has 1 aliphatic rings. The van der Waals surface area contributed by atoms with Gasteiger partial charge < -0.3 is 0 Å². The lowest BCUT2D eigenvalue weighted by atomic mass is 9.54. The number of hydrogen-bond acceptors (Lipinski definition) is 1. The van der Waals surface area contributed by atoms with Crippen molar-refractivity contribution in [1.82, 2.24) is 0 Å². The van der Waals surface area contributed by atoms with Crippen LogP contribution in [0.15, 0.2) is 78.9 Å². The molecule has 220 valence electrons. The van der Waals surface area contributed by atoms with Gasteiger partial charge in [-0.3, -0.25) is 4.79 Å². The van der Waals surface area contributed by atoms with Crippen LogP contribution in [-0.4, -0.2) is 5.78 Å². The Morgan fingerprint density at radius 1 is 0.854 bits per heavy atom. The molecule has 1 nitrogen and oxygen atoms in total. The number of benzene rings is 3. The summed E-state index contributed by atoms with van der Waals surface area (Å²) < 4.78 is 0. The first-order valence-corrected chi connectivity index (χ1v) is 16.4. The lowest BCUT2D eigenvalue weighted by Crippen LogP contribution is -2.41. The van der Waals surface area contributed by atoms with Crippen LogP contribution in [0.3, 0.4) is 0 Å². The van der Waals surface area contributed by atoms with E-state index in [1.807, 2.05) is 0 Å². The van der Waals surface area contributed by atoms with Crippen LogP contribution in [0.4, 0.5) is 0 Å². The van der Waals surface area contributed by atoms with E-state index >= 15 is 0 Å². The smallest absolute Gasteiger partial charge is 0.163 e. The molecule has 0 radical (unpaired) electrons. The van der Waals surface area contributed by atoms with Crippen molar-refractivity contribution >= 4 is 5.78 Å². The number of Topliss-reactive ketones (excluding diaryl/α,β-unsaturated/α-hetero) is 1. The van der Waals surface area contributed by atoms with Gasteiger partial charge in [-0.2, -0.15) is 0 Å². The maximum Gasteiger partial charge on any atom is 0.163 e. The molecule has 0 amide bonds. The van der Waals surface area contributed by atoms with Gasteiger partial charge in [-0.05, 0) is 117 Å². The Morgan fingerprint density at radius 2 is 1.44 bits per heavy atom. The van der Waals surface area contributed by atoms with Crippen molar-refractivity contribution in [3.63, 3.8) is 0 Å². The van der Waals surface area contributed by atoms with Crippen molar-refractivity contribution in [1.29, 1.82) is 0 Å². The Labute approximate surface area is 251 Å². The zero-order valence-electron chi connectivity index (χ0n) is 26.6. The van der Waals surface area contributed by atoms with E-state index in [9.17, 15) is 4.79 Å². The quantitative estimate of drug-likeness (QED) is 0.182. The fraction of sp³-hybridized carbons (Fsp3) is 0.525. The minimum absolute atomic E-state index is 0.290. The second kappa shape index (κ2) is 14.5. The average Bonchev–Trinajstić information content (AvgIpc) is 2.98. The van der Waals surface area contributed by atoms with Gasteiger partial charge in [0.05, 0.1) is 0 Å². The molecule has 0 aromatic heterocycles. The molecule has 1 fully saturated rings. The lowest BCUT2D eigenvalue weighted by molar-refractivity contribution is -0.00608. The Morgan fingerprint density at radius 3 is 2.05 bits per heavy atom. The molecular weight excluding hydrogens is 496 g/mol. The number of hydrogen-bond donors (Lipinski definition) is 0. The predicted molar refractivity (Wildman–Crippen MR) is 176 cm³/mol. The highest BCUT2D eigenvalue weighted by atomic mass is 16.1. The third-order valence-electron chi connectivity index (χ3n) is 10.9. The van der Waals surface area contributed by atoms with Gasteiger partial charge in [0.2, 0.25) is 0 Å². The number of unbranched alkanes of at least 4 members (excludes halogenated alkanes) is 1. The monoisotopic (exact) mass is 550 g/mol. The largest absolute Gasteiger partial charge is 0.294 e. The number of aryl methyl sites for hydroxylation is 2. The average molecular weight is 551 g/mol. The summed E-state index contributed by atoms with van der Waals surface area (Å²) in [5, 5.41) is 0. The molecular formula is C40H54O. The highest BCUT2D eigenvalue weighted by Gasteiger charge is 2.45. The summed E-state index contributed by atoms with van der Waals surface area (Å²) in [6, 6.07) is 28.5. The molecule has 0 aliphatic heterocycles. The van der Waals surface area contributed by atoms with Crippen molar-refractivity contribution in [3.8, 4) is 0 Å². The van der Waals surface area contributed by atoms with Crippen molar-refractivity contribution in [2.24, 2.45) is 16.7 Å². The Hall–Kier alpha value is -2.67. The second-order valence-corrected chi connectivity index (χ2v) is 13.7. The minimum atomic E-state index is 0.290. The van der Waals surface area contributed by atoms with E-state index in [-0.39, 0.29) is 5.41 Å². The molecule has 0 bridgehead atoms. The number of ketones is 1. The highest BCUT2D eigenvalue weighted by molar-refractivity contribution is 5.98. The van der Waals surface area contributed by atoms with Crippen LogP contribution in [0.2, 0.25) is 0 Å². The van der Waals surface area contributed by atoms with E-state index in [4.69, 9.17) is 0 Å². The molecule has 0 heterocycles. The first kappa shape index (κ1) is 31.3. The van der Waals surface area contributed by atoms with E-state index in [0.29, 0.717) is 23.5 Å². The van der Waals surface area contributed by atoms with Crippen molar-refractivity contribution in [2.75, 3.05) is 0 Å². The Balaban J connectivity index is 1.40. The van der Waals surface area contributed by atoms with Gasteiger partial charge in [-0.25, -0.2) is 0 Å². The summed E-state index contributed by atoms with van der Waals surface area (Å²) in [7, 11) is 0. The molecule has 2 unspecified atom stereocenters. The summed E-state index contributed by atoms with van der Waals surface area (Å²) in [5.41, 5.74) is 6.78. The summed E-state index contributed by atoms with van der Waals surface area (Å²) in [6.45, 7) is 11.6. The van der Waals surface area contributed by atoms with Gasteiger partial charge >= 0.3 is 0 Å². The van der Waals surface area contributed by atoms with Gasteiger partial charge in [0, 0.05) is 12.0 Å². The second-order valence-electron chi connectivity index (χ2n) is 13.7. The molecule has 3 aromatic carbocycles. The Kier molecular flexibility index (Phi) is 11.0. The van der Waals surface area contributed by atoms with Crippen LogP contribution in [0.1, 0.15) is 130 Å². The van der Waals surface area contributed by atoms with Crippen LogP contribution in [-0.2, 0) is 6.42 Å². The van der Waals surface area contributed by atoms with E-state index in [0.717, 1.165) is 41.9 Å². The Bertz CT molecular complexity index is 1200. The normalized spacial score (nSPS) is 21.2. The van der Waals surface area contributed by atoms with E-state index in [2.05, 4.69) is 113 Å². The molecule has 4 rings (SSSR count). The first-order valence-electron chi connectivity index (χ1n) is 16.4. The number of carbonyl (C=O) groups excluding carboxylic acids is 1. The highest BCUT2D eigenvalue weighted by Crippen LogP contribution is 2.56. The fourth-order valence-corrected chi connectivity index (χ4v) is 7.83. The molecule has 1 heteroatoms. The molecule has 0 saturated heterocycles. The summed E-state index contributed by atoms with van der Waals surface area (Å²) in [5.74, 6) is 1.70. The standard InChI is InChI=1S/C40H54O/c1-6-7-25-39(4,26-15-22-37(41)38-31(2)16-14-17-32(38)3)40(5)27-23-34(24-28-40)30-36(35-20-12-9-13-21-35)29-33-18-10-8-11-19-33/h8-14,16-21,34,36H,6-7,15,22-30H2,1-5H3. The fourth-order valence-electron chi connectivity index (χ4n) is 7.83. The number of carbonyl (C=O) groups is 1. The minimum Gasteiger partial charge on any atom is -0.294 e. The summed E-state index contributed by atoms with van der Waals surface area (Å²) in [6.07, 6.45) is 14.3. The lowest BCUT2D eigenvalue weighted by Gasteiger charge is -2.51. The zero-order chi connectivity index (χ0) is 29.3. The van der Waals surface area contributed by atoms with Crippen LogP contribution in [0, 0.1) is 30.6 Å². The molecule has 1 aliphatic carbocycles. The van der Waals surface area contributed by atoms with Crippen LogP contribution >= 0.6 is 0 Å². The molecule has 41 heavy (non-hydrogen) atoms. The number of rotatable bonds is 14. The van der Waals surface area contributed by atoms with E-state index in [1.165, 1.54) is 62.5 Å². The molecule has 3 aromatic rings. The van der Waals surface area contributed by atoms with Gasteiger partial charge in [0.25, 0.3) is 0 Å². The van der Waals surface area contributed by atoms with Crippen LogP contribution in [0.5, 0.6) is 0 Å². The molecule has 0 N–H and O–H groups in total. The van der Waals surface area contributed by atoms with Gasteiger partial charge in [-0.1, -0.05) is 112 Å². The third kappa shape index (κ3) is 8.00. The van der Waals surface area contributed by atoms with E-state index < -0.39 is 0 Å². The molecule has 2 atom stereocenters. The van der Waals surface area contributed by atoms with Crippen LogP contribution < -0.4 is 0 Å². The zero-order valence-corrected chi connectivity index (χ0v) is 26.6. The van der Waals surface area contributed by atoms with Gasteiger partial charge in [0.1, 0.15) is 0 Å². The summed E-state index contributed by atoms with van der Waals surface area (Å²) >= 11 is 0. The maximum absolute atomic E-state index is 13.2.